The number of esters is 1. The molecule has 2 aromatic carbocycles. The highest BCUT2D eigenvalue weighted by Crippen LogP contribution is 2.55. The molecule has 5 rings (SSSR count). The van der Waals surface area contributed by atoms with E-state index in [0.717, 1.165) is 16.7 Å². The van der Waals surface area contributed by atoms with Gasteiger partial charge in [0.2, 0.25) is 11.8 Å². The van der Waals surface area contributed by atoms with Crippen LogP contribution in [0, 0.1) is 5.92 Å². The average Bonchev–Trinajstić information content (AvgIpc) is 3.02. The maximum absolute atomic E-state index is 13.6. The molecule has 3 heterocycles. The van der Waals surface area contributed by atoms with E-state index in [1.165, 1.54) is 26.4 Å². The van der Waals surface area contributed by atoms with Crippen LogP contribution in [-0.4, -0.2) is 42.4 Å². The summed E-state index contributed by atoms with van der Waals surface area (Å²) in [6, 6.07) is 9.09. The normalized spacial score (nSPS) is 24.0. The van der Waals surface area contributed by atoms with Crippen LogP contribution < -0.4 is 24.8 Å². The fourth-order valence-electron chi connectivity index (χ4n) is 4.46. The SMILES string of the molecule is COc1ccc(N2C(=O)[C@H]3[C@@H](SC(N)=C4C(=O)Oc5cc(O)ccc5[C@H]43)C2=O)cc1OC. The lowest BCUT2D eigenvalue weighted by atomic mass is 9.77. The predicted octanol–water partition coefficient (Wildman–Crippen LogP) is 1.89. The lowest BCUT2D eigenvalue weighted by Crippen LogP contribution is -2.39. The van der Waals surface area contributed by atoms with Crippen molar-refractivity contribution in [3.05, 3.63) is 52.6 Å². The number of aromatic hydroxyl groups is 1. The Bertz CT molecular complexity index is 1220. The molecule has 3 aliphatic rings. The van der Waals surface area contributed by atoms with Gasteiger partial charge in [0.25, 0.3) is 0 Å². The highest BCUT2D eigenvalue weighted by Gasteiger charge is 2.58. The summed E-state index contributed by atoms with van der Waals surface area (Å²) in [4.78, 5) is 40.8. The summed E-state index contributed by atoms with van der Waals surface area (Å²) in [5.41, 5.74) is 7.18. The molecule has 3 aliphatic heterocycles. The Labute approximate surface area is 186 Å². The number of hydrogen-bond acceptors (Lipinski definition) is 9. The second-order valence-electron chi connectivity index (χ2n) is 7.48. The van der Waals surface area contributed by atoms with E-state index in [-0.39, 0.29) is 22.1 Å². The number of rotatable bonds is 3. The number of thioether (sulfide) groups is 1. The standard InChI is InChI=1S/C22H18N2O7S/c1-29-12-6-3-9(7-14(12)30-2)24-20(26)16-15-11-5-4-10(25)8-13(11)31-22(28)17(15)19(23)32-18(16)21(24)27/h3-8,15-16,18,25H,23H2,1-2H3/t15-,16+,18+/m0/s1. The number of fused-ring (bicyclic) bond motifs is 5. The summed E-state index contributed by atoms with van der Waals surface area (Å²) in [6.07, 6.45) is 0. The molecule has 10 heteroatoms. The molecule has 9 nitrogen and oxygen atoms in total. The van der Waals surface area contributed by atoms with Crippen molar-refractivity contribution in [3.8, 4) is 23.0 Å². The number of ether oxygens (including phenoxy) is 3. The molecule has 0 aromatic heterocycles. The van der Waals surface area contributed by atoms with E-state index in [1.54, 1.807) is 24.3 Å². The van der Waals surface area contributed by atoms with Crippen LogP contribution in [-0.2, 0) is 14.4 Å². The van der Waals surface area contributed by atoms with Crippen LogP contribution in [0.3, 0.4) is 0 Å². The van der Waals surface area contributed by atoms with Crippen molar-refractivity contribution in [2.45, 2.75) is 11.2 Å². The maximum atomic E-state index is 13.6. The van der Waals surface area contributed by atoms with Gasteiger partial charge < -0.3 is 25.1 Å². The van der Waals surface area contributed by atoms with Gasteiger partial charge in [-0.2, -0.15) is 0 Å². The van der Waals surface area contributed by atoms with Gasteiger partial charge in [-0.25, -0.2) is 9.69 Å². The molecule has 1 fully saturated rings. The molecule has 1 saturated heterocycles. The minimum atomic E-state index is -0.862. The number of hydrogen-bond donors (Lipinski definition) is 2. The number of carbonyl (C=O) groups excluding carboxylic acids is 3. The molecule has 0 saturated carbocycles. The lowest BCUT2D eigenvalue weighted by Gasteiger charge is -2.36. The Morgan fingerprint density at radius 3 is 2.50 bits per heavy atom. The van der Waals surface area contributed by atoms with Gasteiger partial charge in [-0.3, -0.25) is 9.59 Å². The number of carbonyl (C=O) groups is 3. The van der Waals surface area contributed by atoms with Gasteiger partial charge in [0.15, 0.2) is 11.5 Å². The molecule has 164 valence electrons. The van der Waals surface area contributed by atoms with Crippen molar-refractivity contribution in [2.75, 3.05) is 19.1 Å². The molecule has 0 spiro atoms. The lowest BCUT2D eigenvalue weighted by molar-refractivity contribution is -0.131. The van der Waals surface area contributed by atoms with Crippen molar-refractivity contribution < 1.29 is 33.7 Å². The highest BCUT2D eigenvalue weighted by molar-refractivity contribution is 8.04. The molecule has 3 N–H and O–H groups in total. The summed E-state index contributed by atoms with van der Waals surface area (Å²) >= 11 is 0.991. The zero-order valence-corrected chi connectivity index (χ0v) is 17.8. The molecule has 0 aliphatic carbocycles. The van der Waals surface area contributed by atoms with E-state index in [1.807, 2.05) is 0 Å². The molecule has 0 unspecified atom stereocenters. The first-order valence-electron chi connectivity index (χ1n) is 9.67. The maximum Gasteiger partial charge on any atom is 0.342 e. The zero-order valence-electron chi connectivity index (χ0n) is 17.0. The Morgan fingerprint density at radius 2 is 1.78 bits per heavy atom. The monoisotopic (exact) mass is 454 g/mol. The number of phenols is 1. The molecule has 3 atom stereocenters. The van der Waals surface area contributed by atoms with Gasteiger partial charge >= 0.3 is 5.97 Å². The van der Waals surface area contributed by atoms with Crippen LogP contribution in [0.1, 0.15) is 11.5 Å². The molecule has 32 heavy (non-hydrogen) atoms. The minimum absolute atomic E-state index is 0.0838. The van der Waals surface area contributed by atoms with Crippen LogP contribution in [0.25, 0.3) is 0 Å². The van der Waals surface area contributed by atoms with Gasteiger partial charge in [-0.05, 0) is 18.2 Å². The first-order chi connectivity index (χ1) is 15.3. The van der Waals surface area contributed by atoms with Crippen molar-refractivity contribution in [1.82, 2.24) is 0 Å². The fourth-order valence-corrected chi connectivity index (χ4v) is 5.70. The Morgan fingerprint density at radius 1 is 1.03 bits per heavy atom. The van der Waals surface area contributed by atoms with Crippen molar-refractivity contribution >= 4 is 35.2 Å². The fraction of sp³-hybridized carbons (Fsp3) is 0.227. The van der Waals surface area contributed by atoms with E-state index in [9.17, 15) is 19.5 Å². The Kier molecular flexibility index (Phi) is 4.55. The second-order valence-corrected chi connectivity index (χ2v) is 8.67. The molecular formula is C22H18N2O7S. The Balaban J connectivity index is 1.62. The second kappa shape index (κ2) is 7.20. The molecule has 0 bridgehead atoms. The van der Waals surface area contributed by atoms with Crippen LogP contribution in [0.4, 0.5) is 5.69 Å². The molecular weight excluding hydrogens is 436 g/mol. The quantitative estimate of drug-likeness (QED) is 0.406. The number of methoxy groups -OCH3 is 2. The topological polar surface area (TPSA) is 128 Å². The first-order valence-corrected chi connectivity index (χ1v) is 10.5. The summed E-state index contributed by atoms with van der Waals surface area (Å²) in [5, 5.41) is 9.14. The van der Waals surface area contributed by atoms with E-state index in [2.05, 4.69) is 0 Å². The number of benzene rings is 2. The third-order valence-electron chi connectivity index (χ3n) is 5.87. The third-order valence-corrected chi connectivity index (χ3v) is 7.09. The smallest absolute Gasteiger partial charge is 0.342 e. The van der Waals surface area contributed by atoms with Gasteiger partial charge in [0.05, 0.1) is 36.4 Å². The van der Waals surface area contributed by atoms with E-state index >= 15 is 0 Å². The number of anilines is 1. The number of amides is 2. The van der Waals surface area contributed by atoms with Crippen LogP contribution in [0.2, 0.25) is 0 Å². The molecule has 0 radical (unpaired) electrons. The van der Waals surface area contributed by atoms with Crippen LogP contribution in [0.15, 0.2) is 47.0 Å². The first kappa shape index (κ1) is 20.3. The van der Waals surface area contributed by atoms with Gasteiger partial charge in [-0.1, -0.05) is 17.8 Å². The number of imide groups is 1. The molecule has 2 aromatic rings. The van der Waals surface area contributed by atoms with E-state index in [4.69, 9.17) is 19.9 Å². The van der Waals surface area contributed by atoms with Gasteiger partial charge in [-0.15, -0.1) is 0 Å². The zero-order chi connectivity index (χ0) is 22.7. The third kappa shape index (κ3) is 2.76. The van der Waals surface area contributed by atoms with Crippen LogP contribution >= 0.6 is 11.8 Å². The number of nitrogens with two attached hydrogens (primary N) is 1. The number of nitrogens with zero attached hydrogens (tertiary/aromatic N) is 1. The van der Waals surface area contributed by atoms with E-state index < -0.39 is 34.9 Å². The largest absolute Gasteiger partial charge is 0.508 e. The Hall–Kier alpha value is -3.66. The van der Waals surface area contributed by atoms with Crippen molar-refractivity contribution in [2.24, 2.45) is 11.7 Å². The van der Waals surface area contributed by atoms with Crippen molar-refractivity contribution in [1.29, 1.82) is 0 Å². The summed E-state index contributed by atoms with van der Waals surface area (Å²) < 4.78 is 15.9. The minimum Gasteiger partial charge on any atom is -0.508 e. The predicted molar refractivity (Wildman–Crippen MR) is 115 cm³/mol. The summed E-state index contributed by atoms with van der Waals surface area (Å²) in [7, 11) is 2.95. The van der Waals surface area contributed by atoms with Gasteiger partial charge in [0.1, 0.15) is 16.7 Å². The highest BCUT2D eigenvalue weighted by atomic mass is 32.2. The van der Waals surface area contributed by atoms with Crippen LogP contribution in [0.5, 0.6) is 23.0 Å². The molecule has 2 amide bonds. The van der Waals surface area contributed by atoms with Gasteiger partial charge in [0, 0.05) is 23.6 Å². The van der Waals surface area contributed by atoms with E-state index in [0.29, 0.717) is 22.7 Å². The number of phenolic OH excluding ortho intramolecular Hbond substituents is 1. The summed E-state index contributed by atoms with van der Waals surface area (Å²) in [6.45, 7) is 0. The average molecular weight is 454 g/mol. The van der Waals surface area contributed by atoms with Crippen molar-refractivity contribution in [3.63, 3.8) is 0 Å². The summed E-state index contributed by atoms with van der Waals surface area (Å²) in [5.74, 6) is -2.32.